The molecule has 0 spiro atoms. The van der Waals surface area contributed by atoms with E-state index < -0.39 is 5.97 Å². The highest BCUT2D eigenvalue weighted by molar-refractivity contribution is 5.74. The minimum atomic E-state index is -0.744. The molecule has 0 aromatic rings. The van der Waals surface area contributed by atoms with Gasteiger partial charge in [0, 0.05) is 19.1 Å². The number of amides is 2. The van der Waals surface area contributed by atoms with E-state index in [-0.39, 0.29) is 18.0 Å². The summed E-state index contributed by atoms with van der Waals surface area (Å²) in [5.41, 5.74) is 0. The van der Waals surface area contributed by atoms with Crippen molar-refractivity contribution in [1.82, 2.24) is 15.5 Å². The Bertz CT molecular complexity index is 356. The molecule has 1 saturated carbocycles. The smallest absolute Gasteiger partial charge is 0.315 e. The molecule has 1 saturated heterocycles. The third kappa shape index (κ3) is 5.53. The van der Waals surface area contributed by atoms with E-state index in [1.165, 1.54) is 19.3 Å². The molecular weight excluding hydrogens is 270 g/mol. The van der Waals surface area contributed by atoms with Gasteiger partial charge in [0.2, 0.25) is 0 Å². The van der Waals surface area contributed by atoms with Crippen molar-refractivity contribution in [2.75, 3.05) is 26.2 Å². The zero-order valence-electron chi connectivity index (χ0n) is 12.6. The lowest BCUT2D eigenvalue weighted by Gasteiger charge is -2.28. The fourth-order valence-corrected chi connectivity index (χ4v) is 3.29. The lowest BCUT2D eigenvalue weighted by molar-refractivity contribution is -0.143. The average molecular weight is 297 g/mol. The van der Waals surface area contributed by atoms with Crippen LogP contribution in [0.2, 0.25) is 0 Å². The molecule has 120 valence electrons. The summed E-state index contributed by atoms with van der Waals surface area (Å²) in [6, 6.07) is -0.169. The highest BCUT2D eigenvalue weighted by Crippen LogP contribution is 2.24. The maximum Gasteiger partial charge on any atom is 0.315 e. The standard InChI is InChI=1S/C15H27N3O3/c19-14(20)12-5-4-6-13(11-12)17-15(21)16-7-10-18-8-2-1-3-9-18/h12-13H,1-11H2,(H,19,20)(H2,16,17,21). The Hall–Kier alpha value is -1.30. The Morgan fingerprint density at radius 3 is 2.57 bits per heavy atom. The Balaban J connectivity index is 1.61. The zero-order valence-corrected chi connectivity index (χ0v) is 12.6. The van der Waals surface area contributed by atoms with Crippen LogP contribution in [0.25, 0.3) is 0 Å². The van der Waals surface area contributed by atoms with Crippen molar-refractivity contribution in [3.05, 3.63) is 0 Å². The number of aliphatic carboxylic acids is 1. The van der Waals surface area contributed by atoms with Gasteiger partial charge >= 0.3 is 12.0 Å². The number of carbonyl (C=O) groups is 2. The summed E-state index contributed by atoms with van der Waals surface area (Å²) in [6.07, 6.45) is 6.85. The molecule has 1 heterocycles. The van der Waals surface area contributed by atoms with Crippen LogP contribution in [0.5, 0.6) is 0 Å². The van der Waals surface area contributed by atoms with Crippen LogP contribution >= 0.6 is 0 Å². The normalized spacial score (nSPS) is 27.0. The third-order valence-corrected chi connectivity index (χ3v) is 4.52. The van der Waals surface area contributed by atoms with Crippen molar-refractivity contribution in [3.8, 4) is 0 Å². The lowest BCUT2D eigenvalue weighted by atomic mass is 9.86. The zero-order chi connectivity index (χ0) is 15.1. The second kappa shape index (κ2) is 8.22. The van der Waals surface area contributed by atoms with Gasteiger partial charge in [0.15, 0.2) is 0 Å². The fraction of sp³-hybridized carbons (Fsp3) is 0.867. The maximum absolute atomic E-state index is 11.8. The summed E-state index contributed by atoms with van der Waals surface area (Å²) < 4.78 is 0. The number of likely N-dealkylation sites (tertiary alicyclic amines) is 1. The number of rotatable bonds is 5. The highest BCUT2D eigenvalue weighted by atomic mass is 16.4. The second-order valence-electron chi connectivity index (χ2n) is 6.20. The Morgan fingerprint density at radius 1 is 1.10 bits per heavy atom. The second-order valence-corrected chi connectivity index (χ2v) is 6.20. The molecule has 0 aromatic carbocycles. The minimum absolute atomic E-state index is 0.00478. The number of urea groups is 1. The molecule has 1 aliphatic carbocycles. The van der Waals surface area contributed by atoms with Gasteiger partial charge in [-0.05, 0) is 45.2 Å². The van der Waals surface area contributed by atoms with Gasteiger partial charge in [-0.2, -0.15) is 0 Å². The first-order chi connectivity index (χ1) is 10.1. The van der Waals surface area contributed by atoms with Gasteiger partial charge in [0.25, 0.3) is 0 Å². The average Bonchev–Trinajstić information content (AvgIpc) is 2.48. The van der Waals surface area contributed by atoms with Gasteiger partial charge < -0.3 is 20.6 Å². The quantitative estimate of drug-likeness (QED) is 0.717. The van der Waals surface area contributed by atoms with Crippen molar-refractivity contribution in [2.24, 2.45) is 5.92 Å². The lowest BCUT2D eigenvalue weighted by Crippen LogP contribution is -2.47. The van der Waals surface area contributed by atoms with Gasteiger partial charge in [-0.3, -0.25) is 4.79 Å². The van der Waals surface area contributed by atoms with Gasteiger partial charge in [-0.25, -0.2) is 4.79 Å². The highest BCUT2D eigenvalue weighted by Gasteiger charge is 2.27. The molecule has 2 aliphatic rings. The van der Waals surface area contributed by atoms with E-state index in [2.05, 4.69) is 15.5 Å². The van der Waals surface area contributed by atoms with Gasteiger partial charge in [-0.15, -0.1) is 0 Å². The van der Waals surface area contributed by atoms with E-state index in [4.69, 9.17) is 5.11 Å². The molecule has 2 amide bonds. The van der Waals surface area contributed by atoms with E-state index in [9.17, 15) is 9.59 Å². The molecule has 0 bridgehead atoms. The third-order valence-electron chi connectivity index (χ3n) is 4.52. The maximum atomic E-state index is 11.8. The van der Waals surface area contributed by atoms with Crippen LogP contribution in [-0.2, 0) is 4.79 Å². The van der Waals surface area contributed by atoms with Gasteiger partial charge in [0.1, 0.15) is 0 Å². The molecule has 0 aromatic heterocycles. The Kier molecular flexibility index (Phi) is 6.29. The van der Waals surface area contributed by atoms with Crippen molar-refractivity contribution in [3.63, 3.8) is 0 Å². The largest absolute Gasteiger partial charge is 0.481 e. The van der Waals surface area contributed by atoms with Crippen LogP contribution in [0.3, 0.4) is 0 Å². The molecule has 2 atom stereocenters. The molecule has 6 heteroatoms. The van der Waals surface area contributed by atoms with E-state index >= 15 is 0 Å². The molecule has 6 nitrogen and oxygen atoms in total. The first kappa shape index (κ1) is 16.1. The van der Waals surface area contributed by atoms with Crippen LogP contribution in [0.4, 0.5) is 4.79 Å². The monoisotopic (exact) mass is 297 g/mol. The van der Waals surface area contributed by atoms with E-state index in [0.717, 1.165) is 38.9 Å². The summed E-state index contributed by atoms with van der Waals surface area (Å²) in [4.78, 5) is 25.2. The van der Waals surface area contributed by atoms with Crippen molar-refractivity contribution in [2.45, 2.75) is 51.0 Å². The summed E-state index contributed by atoms with van der Waals surface area (Å²) in [5, 5.41) is 14.8. The predicted molar refractivity (Wildman–Crippen MR) is 80.2 cm³/mol. The van der Waals surface area contributed by atoms with Crippen molar-refractivity contribution < 1.29 is 14.7 Å². The first-order valence-electron chi connectivity index (χ1n) is 8.14. The summed E-state index contributed by atoms with van der Waals surface area (Å²) in [5.74, 6) is -1.05. The van der Waals surface area contributed by atoms with E-state index in [1.807, 2.05) is 0 Å². The summed E-state index contributed by atoms with van der Waals surface area (Å²) in [7, 11) is 0. The van der Waals surface area contributed by atoms with Crippen molar-refractivity contribution in [1.29, 1.82) is 0 Å². The number of hydrogen-bond donors (Lipinski definition) is 3. The van der Waals surface area contributed by atoms with Gasteiger partial charge in [-0.1, -0.05) is 12.8 Å². The van der Waals surface area contributed by atoms with Crippen LogP contribution in [0, 0.1) is 5.92 Å². The molecule has 0 radical (unpaired) electrons. The molecule has 2 fully saturated rings. The van der Waals surface area contributed by atoms with Crippen LogP contribution < -0.4 is 10.6 Å². The van der Waals surface area contributed by atoms with E-state index in [0.29, 0.717) is 13.0 Å². The van der Waals surface area contributed by atoms with E-state index in [1.54, 1.807) is 0 Å². The number of hydrogen-bond acceptors (Lipinski definition) is 3. The Labute approximate surface area is 126 Å². The summed E-state index contributed by atoms with van der Waals surface area (Å²) in [6.45, 7) is 3.81. The number of nitrogens with one attached hydrogen (secondary N) is 2. The molecular formula is C15H27N3O3. The predicted octanol–water partition coefficient (Wildman–Crippen LogP) is 1.41. The molecule has 2 rings (SSSR count). The molecule has 3 N–H and O–H groups in total. The number of nitrogens with zero attached hydrogens (tertiary/aromatic N) is 1. The number of carbonyl (C=O) groups excluding carboxylic acids is 1. The SMILES string of the molecule is O=C(NCCN1CCCCC1)NC1CCCC(C(=O)O)C1. The number of carboxylic acid groups (broad SMARTS) is 1. The molecule has 2 unspecified atom stereocenters. The van der Waals surface area contributed by atoms with Crippen LogP contribution in [0.15, 0.2) is 0 Å². The van der Waals surface area contributed by atoms with Crippen LogP contribution in [-0.4, -0.2) is 54.2 Å². The van der Waals surface area contributed by atoms with Crippen LogP contribution in [0.1, 0.15) is 44.9 Å². The first-order valence-corrected chi connectivity index (χ1v) is 8.14. The summed E-state index contributed by atoms with van der Waals surface area (Å²) >= 11 is 0. The minimum Gasteiger partial charge on any atom is -0.481 e. The Morgan fingerprint density at radius 2 is 1.86 bits per heavy atom. The fourth-order valence-electron chi connectivity index (χ4n) is 3.29. The van der Waals surface area contributed by atoms with Crippen molar-refractivity contribution >= 4 is 12.0 Å². The molecule has 1 aliphatic heterocycles. The van der Waals surface area contributed by atoms with Gasteiger partial charge in [0.05, 0.1) is 5.92 Å². The topological polar surface area (TPSA) is 81.7 Å². The number of piperidine rings is 1. The molecule has 21 heavy (non-hydrogen) atoms. The number of carboxylic acids is 1.